The normalized spacial score (nSPS) is 30.7. The molecule has 5 nitrogen and oxygen atoms in total. The van der Waals surface area contributed by atoms with E-state index < -0.39 is 11.5 Å². The molecule has 0 saturated heterocycles. The standard InChI is InChI=1S/C14H24N2O3/c1-10-4-2-3-8-14(10,12(17)18)16-13(19)15-9-7-11-5-6-11/h10-11H,2-9H2,1H3,(H,17,18)(H2,15,16,19). The lowest BCUT2D eigenvalue weighted by atomic mass is 9.73. The molecular weight excluding hydrogens is 244 g/mol. The van der Waals surface area contributed by atoms with Crippen LogP contribution in [0.5, 0.6) is 0 Å². The largest absolute Gasteiger partial charge is 0.479 e. The summed E-state index contributed by atoms with van der Waals surface area (Å²) in [5, 5.41) is 15.0. The molecule has 0 bridgehead atoms. The van der Waals surface area contributed by atoms with Gasteiger partial charge >= 0.3 is 12.0 Å². The zero-order valence-corrected chi connectivity index (χ0v) is 11.6. The molecule has 0 aliphatic heterocycles. The van der Waals surface area contributed by atoms with Gasteiger partial charge in [-0.3, -0.25) is 0 Å². The quantitative estimate of drug-likeness (QED) is 0.714. The predicted octanol–water partition coefficient (Wildman–Crippen LogP) is 2.12. The van der Waals surface area contributed by atoms with Crippen molar-refractivity contribution in [3.05, 3.63) is 0 Å². The summed E-state index contributed by atoms with van der Waals surface area (Å²) in [7, 11) is 0. The highest BCUT2D eigenvalue weighted by Gasteiger charge is 2.46. The molecule has 0 aromatic rings. The summed E-state index contributed by atoms with van der Waals surface area (Å²) in [5.41, 5.74) is -1.08. The summed E-state index contributed by atoms with van der Waals surface area (Å²) in [5.74, 6) is -0.160. The fourth-order valence-electron chi connectivity index (χ4n) is 2.95. The van der Waals surface area contributed by atoms with Gasteiger partial charge in [-0.2, -0.15) is 0 Å². The van der Waals surface area contributed by atoms with Crippen LogP contribution in [0.15, 0.2) is 0 Å². The van der Waals surface area contributed by atoms with Crippen LogP contribution in [-0.2, 0) is 4.79 Å². The average molecular weight is 268 g/mol. The van der Waals surface area contributed by atoms with E-state index in [1.807, 2.05) is 6.92 Å². The van der Waals surface area contributed by atoms with Crippen molar-refractivity contribution in [1.29, 1.82) is 0 Å². The summed E-state index contributed by atoms with van der Waals surface area (Å²) < 4.78 is 0. The molecule has 0 aromatic carbocycles. The smallest absolute Gasteiger partial charge is 0.329 e. The Kier molecular flexibility index (Phi) is 4.32. The zero-order valence-electron chi connectivity index (χ0n) is 11.6. The third kappa shape index (κ3) is 3.39. The number of hydrogen-bond donors (Lipinski definition) is 3. The van der Waals surface area contributed by atoms with Crippen LogP contribution in [0.2, 0.25) is 0 Å². The molecule has 2 rings (SSSR count). The van der Waals surface area contributed by atoms with Gasteiger partial charge in [0.1, 0.15) is 5.54 Å². The van der Waals surface area contributed by atoms with E-state index in [0.717, 1.165) is 31.6 Å². The Morgan fingerprint density at radius 1 is 1.26 bits per heavy atom. The first kappa shape index (κ1) is 14.2. The van der Waals surface area contributed by atoms with Crippen LogP contribution in [0.25, 0.3) is 0 Å². The second-order valence-electron chi connectivity index (χ2n) is 6.04. The minimum Gasteiger partial charge on any atom is -0.479 e. The average Bonchev–Trinajstić information content (AvgIpc) is 3.16. The maximum Gasteiger partial charge on any atom is 0.329 e. The molecule has 19 heavy (non-hydrogen) atoms. The Labute approximate surface area is 114 Å². The van der Waals surface area contributed by atoms with E-state index in [4.69, 9.17) is 0 Å². The lowest BCUT2D eigenvalue weighted by Gasteiger charge is -2.39. The number of urea groups is 1. The molecule has 2 fully saturated rings. The Balaban J connectivity index is 1.87. The minimum absolute atomic E-state index is 0.0204. The molecule has 0 aromatic heterocycles. The van der Waals surface area contributed by atoms with Crippen LogP contribution >= 0.6 is 0 Å². The van der Waals surface area contributed by atoms with Crippen LogP contribution in [0.3, 0.4) is 0 Å². The van der Waals surface area contributed by atoms with Crippen molar-refractivity contribution in [2.24, 2.45) is 11.8 Å². The van der Waals surface area contributed by atoms with E-state index >= 15 is 0 Å². The van der Waals surface area contributed by atoms with Gasteiger partial charge in [0.05, 0.1) is 0 Å². The first-order valence-corrected chi connectivity index (χ1v) is 7.34. The lowest BCUT2D eigenvalue weighted by molar-refractivity contribution is -0.148. The lowest BCUT2D eigenvalue weighted by Crippen LogP contribution is -2.61. The van der Waals surface area contributed by atoms with E-state index in [0.29, 0.717) is 13.0 Å². The third-order valence-corrected chi connectivity index (χ3v) is 4.55. The molecule has 108 valence electrons. The predicted molar refractivity (Wildman–Crippen MR) is 71.9 cm³/mol. The summed E-state index contributed by atoms with van der Waals surface area (Å²) in [6.07, 6.45) is 6.82. The Hall–Kier alpha value is -1.26. The molecule has 2 saturated carbocycles. The molecule has 0 spiro atoms. The van der Waals surface area contributed by atoms with Crippen LogP contribution < -0.4 is 10.6 Å². The van der Waals surface area contributed by atoms with E-state index in [1.54, 1.807) is 0 Å². The molecule has 0 heterocycles. The number of aliphatic carboxylic acids is 1. The number of carbonyl (C=O) groups excluding carboxylic acids is 1. The van der Waals surface area contributed by atoms with E-state index in [-0.39, 0.29) is 11.9 Å². The first-order chi connectivity index (χ1) is 9.04. The second-order valence-corrected chi connectivity index (χ2v) is 6.04. The Bertz CT molecular complexity index is 355. The maximum absolute atomic E-state index is 11.9. The number of hydrogen-bond acceptors (Lipinski definition) is 2. The van der Waals surface area contributed by atoms with Crippen molar-refractivity contribution in [3.8, 4) is 0 Å². The molecular formula is C14H24N2O3. The van der Waals surface area contributed by atoms with E-state index in [1.165, 1.54) is 12.8 Å². The monoisotopic (exact) mass is 268 g/mol. The fraction of sp³-hybridized carbons (Fsp3) is 0.857. The first-order valence-electron chi connectivity index (χ1n) is 7.34. The van der Waals surface area contributed by atoms with Gasteiger partial charge in [-0.05, 0) is 31.1 Å². The minimum atomic E-state index is -1.08. The van der Waals surface area contributed by atoms with Crippen molar-refractivity contribution >= 4 is 12.0 Å². The Morgan fingerprint density at radius 3 is 2.58 bits per heavy atom. The molecule has 5 heteroatoms. The number of nitrogens with one attached hydrogen (secondary N) is 2. The van der Waals surface area contributed by atoms with Gasteiger partial charge in [-0.1, -0.05) is 32.6 Å². The highest BCUT2D eigenvalue weighted by molar-refractivity contribution is 5.86. The zero-order chi connectivity index (χ0) is 13.9. The van der Waals surface area contributed by atoms with Gasteiger partial charge < -0.3 is 15.7 Å². The topological polar surface area (TPSA) is 78.4 Å². The van der Waals surface area contributed by atoms with Gasteiger partial charge in [0.15, 0.2) is 0 Å². The van der Waals surface area contributed by atoms with Crippen LogP contribution in [0.4, 0.5) is 4.79 Å². The molecule has 0 radical (unpaired) electrons. The highest BCUT2D eigenvalue weighted by Crippen LogP contribution is 2.34. The molecule has 2 aliphatic carbocycles. The number of amides is 2. The van der Waals surface area contributed by atoms with Gasteiger partial charge in [0, 0.05) is 6.54 Å². The van der Waals surface area contributed by atoms with Gasteiger partial charge in [-0.25, -0.2) is 9.59 Å². The fourth-order valence-corrected chi connectivity index (χ4v) is 2.95. The van der Waals surface area contributed by atoms with Gasteiger partial charge in [0.2, 0.25) is 0 Å². The number of rotatable bonds is 5. The highest BCUT2D eigenvalue weighted by atomic mass is 16.4. The molecule has 3 N–H and O–H groups in total. The van der Waals surface area contributed by atoms with Crippen molar-refractivity contribution < 1.29 is 14.7 Å². The summed E-state index contributed by atoms with van der Waals surface area (Å²) in [6, 6.07) is -0.336. The second kappa shape index (κ2) is 5.80. The van der Waals surface area contributed by atoms with Crippen LogP contribution in [0, 0.1) is 11.8 Å². The third-order valence-electron chi connectivity index (χ3n) is 4.55. The van der Waals surface area contributed by atoms with E-state index in [9.17, 15) is 14.7 Å². The van der Waals surface area contributed by atoms with Crippen molar-refractivity contribution in [1.82, 2.24) is 10.6 Å². The van der Waals surface area contributed by atoms with Crippen molar-refractivity contribution in [3.63, 3.8) is 0 Å². The van der Waals surface area contributed by atoms with Gasteiger partial charge in [0.25, 0.3) is 0 Å². The van der Waals surface area contributed by atoms with Gasteiger partial charge in [-0.15, -0.1) is 0 Å². The van der Waals surface area contributed by atoms with E-state index in [2.05, 4.69) is 10.6 Å². The maximum atomic E-state index is 11.9. The summed E-state index contributed by atoms with van der Waals surface area (Å²) in [6.45, 7) is 2.55. The molecule has 2 atom stereocenters. The summed E-state index contributed by atoms with van der Waals surface area (Å²) >= 11 is 0. The van der Waals surface area contributed by atoms with Crippen molar-refractivity contribution in [2.45, 2.75) is 57.4 Å². The number of carboxylic acid groups (broad SMARTS) is 1. The molecule has 2 aliphatic rings. The number of carbonyl (C=O) groups is 2. The molecule has 2 amide bonds. The van der Waals surface area contributed by atoms with Crippen LogP contribution in [0.1, 0.15) is 51.9 Å². The van der Waals surface area contributed by atoms with Crippen molar-refractivity contribution in [2.75, 3.05) is 6.54 Å². The number of carboxylic acids is 1. The SMILES string of the molecule is CC1CCCCC1(NC(=O)NCCC1CC1)C(=O)O. The van der Waals surface area contributed by atoms with Crippen LogP contribution in [-0.4, -0.2) is 29.2 Å². The molecule has 2 unspecified atom stereocenters. The Morgan fingerprint density at radius 2 is 2.00 bits per heavy atom. The summed E-state index contributed by atoms with van der Waals surface area (Å²) in [4.78, 5) is 23.5.